The first-order valence-electron chi connectivity index (χ1n) is 8.25. The first-order valence-corrected chi connectivity index (χ1v) is 8.25. The second-order valence-electron chi connectivity index (χ2n) is 6.26. The third kappa shape index (κ3) is 1.91. The number of hydrogen-bond donors (Lipinski definition) is 0. The zero-order valence-corrected chi connectivity index (χ0v) is 14.0. The van der Waals surface area contributed by atoms with Gasteiger partial charge in [0.25, 0.3) is 0 Å². The molecule has 4 nitrogen and oxygen atoms in total. The van der Waals surface area contributed by atoms with Crippen LogP contribution in [0.5, 0.6) is 0 Å². The molecule has 2 aromatic carbocycles. The van der Waals surface area contributed by atoms with Crippen LogP contribution in [-0.2, 0) is 7.05 Å². The van der Waals surface area contributed by atoms with Crippen molar-refractivity contribution >= 4 is 32.8 Å². The molecule has 0 saturated heterocycles. The van der Waals surface area contributed by atoms with Crippen molar-refractivity contribution in [3.8, 4) is 11.4 Å². The van der Waals surface area contributed by atoms with Crippen LogP contribution in [0.25, 0.3) is 44.2 Å². The highest BCUT2D eigenvalue weighted by atomic mass is 16.3. The van der Waals surface area contributed by atoms with Gasteiger partial charge in [0.05, 0.1) is 13.2 Å². The van der Waals surface area contributed by atoms with Gasteiger partial charge in [0.2, 0.25) is 5.71 Å². The van der Waals surface area contributed by atoms with Crippen molar-refractivity contribution in [1.82, 2.24) is 9.97 Å². The van der Waals surface area contributed by atoms with Gasteiger partial charge in [-0.15, -0.1) is 0 Å². The van der Waals surface area contributed by atoms with Gasteiger partial charge in [-0.2, -0.15) is 0 Å². The molecule has 0 N–H and O–H groups in total. The molecule has 0 amide bonds. The molecule has 5 aromatic rings. The van der Waals surface area contributed by atoms with Crippen LogP contribution >= 0.6 is 0 Å². The molecule has 4 heteroatoms. The second kappa shape index (κ2) is 5.11. The minimum atomic E-state index is 0.660. The normalized spacial score (nSPS) is 11.6. The lowest BCUT2D eigenvalue weighted by molar-refractivity contribution is -0.663. The van der Waals surface area contributed by atoms with Crippen LogP contribution < -0.4 is 4.57 Å². The lowest BCUT2D eigenvalue weighted by Crippen LogP contribution is -2.31. The summed E-state index contributed by atoms with van der Waals surface area (Å²) in [4.78, 5) is 9.04. The van der Waals surface area contributed by atoms with Crippen molar-refractivity contribution in [3.05, 3.63) is 66.6 Å². The van der Waals surface area contributed by atoms with Crippen LogP contribution in [0.2, 0.25) is 0 Å². The molecular weight excluding hydrogens is 310 g/mol. The van der Waals surface area contributed by atoms with Crippen LogP contribution in [0.1, 0.15) is 5.56 Å². The topological polar surface area (TPSA) is 42.8 Å². The minimum absolute atomic E-state index is 0.660. The second-order valence-corrected chi connectivity index (χ2v) is 6.26. The first-order chi connectivity index (χ1) is 12.3. The number of benzene rings is 2. The highest BCUT2D eigenvalue weighted by Crippen LogP contribution is 2.41. The highest BCUT2D eigenvalue weighted by molar-refractivity contribution is 6.22. The van der Waals surface area contributed by atoms with Crippen LogP contribution in [0, 0.1) is 6.92 Å². The number of rotatable bonds is 1. The number of nitrogens with zero attached hydrogens (tertiary/aromatic N) is 3. The molecule has 0 aliphatic rings. The SMILES string of the molecule is Cc1c(-c2nccc[n+]2C)c2oc3ncccc3c2c2ccccc12. The predicted molar refractivity (Wildman–Crippen MR) is 98.2 cm³/mol. The van der Waals surface area contributed by atoms with Gasteiger partial charge in [-0.25, -0.2) is 9.55 Å². The maximum absolute atomic E-state index is 6.22. The largest absolute Gasteiger partial charge is 0.437 e. The molecule has 0 spiro atoms. The quantitative estimate of drug-likeness (QED) is 0.431. The van der Waals surface area contributed by atoms with Crippen molar-refractivity contribution in [2.75, 3.05) is 0 Å². The van der Waals surface area contributed by atoms with E-state index in [-0.39, 0.29) is 0 Å². The average Bonchev–Trinajstić information content (AvgIpc) is 3.02. The zero-order valence-electron chi connectivity index (χ0n) is 14.0. The molecule has 0 aliphatic heterocycles. The third-order valence-electron chi connectivity index (χ3n) is 4.82. The average molecular weight is 326 g/mol. The van der Waals surface area contributed by atoms with Crippen LogP contribution in [0.3, 0.4) is 0 Å². The molecule has 0 radical (unpaired) electrons. The van der Waals surface area contributed by atoms with E-state index in [1.165, 1.54) is 10.8 Å². The zero-order chi connectivity index (χ0) is 17.0. The first kappa shape index (κ1) is 14.1. The standard InChI is InChI=1S/C21H16N3O/c1-13-14-7-3-4-8-15(14)18-16-9-5-10-23-21(16)25-19(18)17(13)20-22-11-6-12-24(20)2/h3-12H,1-2H3/q+1. The summed E-state index contributed by atoms with van der Waals surface area (Å²) in [7, 11) is 2.00. The van der Waals surface area contributed by atoms with Crippen LogP contribution in [-0.4, -0.2) is 9.97 Å². The fourth-order valence-electron chi connectivity index (χ4n) is 3.66. The Hall–Kier alpha value is -3.27. The van der Waals surface area contributed by atoms with Crippen molar-refractivity contribution in [3.63, 3.8) is 0 Å². The molecule has 0 aliphatic carbocycles. The summed E-state index contributed by atoms with van der Waals surface area (Å²) in [6.45, 7) is 2.13. The smallest absolute Gasteiger partial charge is 0.334 e. The molecule has 0 bridgehead atoms. The Kier molecular flexibility index (Phi) is 2.88. The Labute approximate surface area is 144 Å². The molecule has 0 saturated carbocycles. The number of hydrogen-bond acceptors (Lipinski definition) is 3. The predicted octanol–water partition coefficient (Wildman–Crippen LogP) is 4.33. The number of aryl methyl sites for hydroxylation is 2. The fourth-order valence-corrected chi connectivity index (χ4v) is 3.66. The number of pyridine rings is 1. The van der Waals surface area contributed by atoms with Crippen LogP contribution in [0.4, 0.5) is 0 Å². The Morgan fingerprint density at radius 2 is 1.64 bits per heavy atom. The van der Waals surface area contributed by atoms with E-state index in [1.54, 1.807) is 6.20 Å². The van der Waals surface area contributed by atoms with Gasteiger partial charge in [-0.1, -0.05) is 24.3 Å². The van der Waals surface area contributed by atoms with Gasteiger partial charge in [-0.3, -0.25) is 0 Å². The molecule has 0 fully saturated rings. The molecule has 3 heterocycles. The summed E-state index contributed by atoms with van der Waals surface area (Å²) in [6.07, 6.45) is 5.58. The van der Waals surface area contributed by atoms with E-state index >= 15 is 0 Å². The Morgan fingerprint density at radius 1 is 0.880 bits per heavy atom. The molecule has 25 heavy (non-hydrogen) atoms. The summed E-state index contributed by atoms with van der Waals surface area (Å²) in [5.74, 6) is 0.884. The summed E-state index contributed by atoms with van der Waals surface area (Å²) in [5.41, 5.74) is 3.69. The summed E-state index contributed by atoms with van der Waals surface area (Å²) >= 11 is 0. The Bertz CT molecular complexity index is 1270. The maximum Gasteiger partial charge on any atom is 0.334 e. The van der Waals surface area contributed by atoms with E-state index in [0.717, 1.165) is 33.3 Å². The number of aromatic nitrogens is 3. The summed E-state index contributed by atoms with van der Waals surface area (Å²) < 4.78 is 8.24. The van der Waals surface area contributed by atoms with Crippen molar-refractivity contribution < 1.29 is 8.98 Å². The number of fused-ring (bicyclic) bond motifs is 5. The lowest BCUT2D eigenvalue weighted by Gasteiger charge is -2.09. The van der Waals surface area contributed by atoms with Crippen molar-refractivity contribution in [2.24, 2.45) is 7.05 Å². The van der Waals surface area contributed by atoms with Gasteiger partial charge in [-0.05, 0) is 40.4 Å². The monoisotopic (exact) mass is 326 g/mol. The molecule has 0 atom stereocenters. The fraction of sp³-hybridized carbons (Fsp3) is 0.0952. The molecule has 3 aromatic heterocycles. The summed E-state index contributed by atoms with van der Waals surface area (Å²) in [6, 6.07) is 14.4. The molecule has 5 rings (SSSR count). The summed E-state index contributed by atoms with van der Waals surface area (Å²) in [5, 5.41) is 4.53. The van der Waals surface area contributed by atoms with Gasteiger partial charge in [0, 0.05) is 23.0 Å². The Morgan fingerprint density at radius 3 is 2.48 bits per heavy atom. The maximum atomic E-state index is 6.22. The molecular formula is C21H16N3O+. The number of furan rings is 1. The van der Waals surface area contributed by atoms with E-state index < -0.39 is 0 Å². The van der Waals surface area contributed by atoms with E-state index in [9.17, 15) is 0 Å². The van der Waals surface area contributed by atoms with E-state index in [4.69, 9.17) is 4.42 Å². The lowest BCUT2D eigenvalue weighted by atomic mass is 9.95. The Balaban J connectivity index is 2.10. The minimum Gasteiger partial charge on any atom is -0.437 e. The molecule has 120 valence electrons. The highest BCUT2D eigenvalue weighted by Gasteiger charge is 2.25. The molecule has 0 unspecified atom stereocenters. The van der Waals surface area contributed by atoms with Crippen LogP contribution in [0.15, 0.2) is 65.5 Å². The third-order valence-corrected chi connectivity index (χ3v) is 4.82. The van der Waals surface area contributed by atoms with Crippen molar-refractivity contribution in [1.29, 1.82) is 0 Å². The van der Waals surface area contributed by atoms with E-state index in [1.807, 2.05) is 36.1 Å². The van der Waals surface area contributed by atoms with Gasteiger partial charge >= 0.3 is 5.82 Å². The van der Waals surface area contributed by atoms with Gasteiger partial charge in [0.1, 0.15) is 11.8 Å². The van der Waals surface area contributed by atoms with Gasteiger partial charge in [0.15, 0.2) is 5.58 Å². The van der Waals surface area contributed by atoms with Crippen molar-refractivity contribution in [2.45, 2.75) is 6.92 Å². The van der Waals surface area contributed by atoms with Gasteiger partial charge < -0.3 is 4.42 Å². The van der Waals surface area contributed by atoms with E-state index in [2.05, 4.69) is 47.2 Å². The van der Waals surface area contributed by atoms with E-state index in [0.29, 0.717) is 5.71 Å².